The van der Waals surface area contributed by atoms with Crippen molar-refractivity contribution in [1.29, 1.82) is 0 Å². The molecule has 3 aromatic rings. The second-order valence-electron chi connectivity index (χ2n) is 7.08. The molecule has 0 aliphatic heterocycles. The number of carbonyl (C=O) groups excluding carboxylic acids is 1. The monoisotopic (exact) mass is 435 g/mol. The first-order valence-electron chi connectivity index (χ1n) is 10.6. The number of amides is 1. The Morgan fingerprint density at radius 1 is 0.844 bits per heavy atom. The van der Waals surface area contributed by atoms with E-state index in [-0.39, 0.29) is 12.5 Å². The van der Waals surface area contributed by atoms with Gasteiger partial charge in [0, 0.05) is 23.7 Å². The second kappa shape index (κ2) is 11.6. The molecule has 0 spiro atoms. The Balaban J connectivity index is 1.63. The van der Waals surface area contributed by atoms with E-state index in [2.05, 4.69) is 5.32 Å². The van der Waals surface area contributed by atoms with Crippen LogP contribution in [0.4, 0.5) is 0 Å². The van der Waals surface area contributed by atoms with Crippen LogP contribution in [0.3, 0.4) is 0 Å². The maximum atomic E-state index is 12.7. The van der Waals surface area contributed by atoms with Gasteiger partial charge in [-0.3, -0.25) is 4.79 Å². The fourth-order valence-corrected chi connectivity index (χ4v) is 3.20. The van der Waals surface area contributed by atoms with E-state index in [1.54, 1.807) is 20.3 Å². The van der Waals surface area contributed by atoms with Gasteiger partial charge in [-0.05, 0) is 61.4 Å². The highest BCUT2D eigenvalue weighted by Crippen LogP contribution is 2.24. The summed E-state index contributed by atoms with van der Waals surface area (Å²) in [4.78, 5) is 12.7. The van der Waals surface area contributed by atoms with Gasteiger partial charge >= 0.3 is 0 Å². The number of benzene rings is 3. The van der Waals surface area contributed by atoms with Crippen molar-refractivity contribution >= 4 is 5.91 Å². The quantitative estimate of drug-likeness (QED) is 0.475. The van der Waals surface area contributed by atoms with E-state index in [0.717, 1.165) is 29.0 Å². The van der Waals surface area contributed by atoms with Gasteiger partial charge in [0.05, 0.1) is 20.8 Å². The molecule has 3 rings (SSSR count). The summed E-state index contributed by atoms with van der Waals surface area (Å²) in [5, 5.41) is 2.98. The van der Waals surface area contributed by atoms with Gasteiger partial charge in [-0.25, -0.2) is 0 Å². The summed E-state index contributed by atoms with van der Waals surface area (Å²) in [5.41, 5.74) is 2.50. The van der Waals surface area contributed by atoms with E-state index < -0.39 is 0 Å². The molecular weight excluding hydrogens is 406 g/mol. The van der Waals surface area contributed by atoms with Crippen molar-refractivity contribution in [3.8, 4) is 23.0 Å². The number of hydrogen-bond donors (Lipinski definition) is 1. The Kier molecular flexibility index (Phi) is 8.37. The average molecular weight is 436 g/mol. The predicted molar refractivity (Wildman–Crippen MR) is 124 cm³/mol. The van der Waals surface area contributed by atoms with Gasteiger partial charge in [0.1, 0.15) is 29.6 Å². The lowest BCUT2D eigenvalue weighted by Gasteiger charge is -2.14. The maximum absolute atomic E-state index is 12.7. The smallest absolute Gasteiger partial charge is 0.251 e. The third-order valence-corrected chi connectivity index (χ3v) is 4.92. The third-order valence-electron chi connectivity index (χ3n) is 4.92. The van der Waals surface area contributed by atoms with E-state index in [0.29, 0.717) is 30.2 Å². The molecule has 0 saturated carbocycles. The molecule has 32 heavy (non-hydrogen) atoms. The van der Waals surface area contributed by atoms with Crippen molar-refractivity contribution in [1.82, 2.24) is 5.32 Å². The molecule has 0 bridgehead atoms. The Hall–Kier alpha value is -3.67. The fraction of sp³-hybridized carbons (Fsp3) is 0.269. The summed E-state index contributed by atoms with van der Waals surface area (Å²) < 4.78 is 22.0. The minimum absolute atomic E-state index is 0.135. The van der Waals surface area contributed by atoms with E-state index in [1.165, 1.54) is 0 Å². The van der Waals surface area contributed by atoms with Gasteiger partial charge in [0.15, 0.2) is 0 Å². The highest BCUT2D eigenvalue weighted by Gasteiger charge is 2.12. The molecule has 6 nitrogen and oxygen atoms in total. The molecule has 3 aromatic carbocycles. The van der Waals surface area contributed by atoms with Crippen molar-refractivity contribution in [2.75, 3.05) is 27.4 Å². The lowest BCUT2D eigenvalue weighted by Crippen LogP contribution is -2.25. The first kappa shape index (κ1) is 23.0. The molecule has 0 heterocycles. The topological polar surface area (TPSA) is 66.0 Å². The molecule has 0 radical (unpaired) electrons. The lowest BCUT2D eigenvalue weighted by molar-refractivity contribution is 0.0954. The number of ether oxygens (including phenoxy) is 4. The van der Waals surface area contributed by atoms with Crippen LogP contribution in [0, 0.1) is 0 Å². The molecule has 0 unspecified atom stereocenters. The summed E-state index contributed by atoms with van der Waals surface area (Å²) in [7, 11) is 3.26. The van der Waals surface area contributed by atoms with E-state index >= 15 is 0 Å². The summed E-state index contributed by atoms with van der Waals surface area (Å²) >= 11 is 0. The zero-order valence-corrected chi connectivity index (χ0v) is 18.7. The van der Waals surface area contributed by atoms with Crippen molar-refractivity contribution in [3.05, 3.63) is 83.4 Å². The Labute approximate surface area is 189 Å². The molecule has 168 valence electrons. The van der Waals surface area contributed by atoms with Gasteiger partial charge < -0.3 is 24.3 Å². The average Bonchev–Trinajstić information content (AvgIpc) is 2.84. The number of hydrogen-bond acceptors (Lipinski definition) is 5. The first-order valence-corrected chi connectivity index (χ1v) is 10.6. The SMILES string of the molecule is CCOc1ccc(C(=O)NCCc2ccc(OC)cc2)cc1COc1cccc(OC)c1. The zero-order chi connectivity index (χ0) is 22.8. The van der Waals surface area contributed by atoms with Crippen LogP contribution < -0.4 is 24.3 Å². The van der Waals surface area contributed by atoms with Crippen LogP contribution in [0.5, 0.6) is 23.0 Å². The Morgan fingerprint density at radius 2 is 1.59 bits per heavy atom. The third kappa shape index (κ3) is 6.41. The lowest BCUT2D eigenvalue weighted by atomic mass is 10.1. The highest BCUT2D eigenvalue weighted by atomic mass is 16.5. The van der Waals surface area contributed by atoms with E-state index in [9.17, 15) is 4.79 Å². The predicted octanol–water partition coefficient (Wildman–Crippen LogP) is 4.65. The summed E-state index contributed by atoms with van der Waals surface area (Å²) in [6.07, 6.45) is 0.735. The van der Waals surface area contributed by atoms with Crippen molar-refractivity contribution in [2.24, 2.45) is 0 Å². The normalized spacial score (nSPS) is 10.3. The Bertz CT molecular complexity index is 1020. The maximum Gasteiger partial charge on any atom is 0.251 e. The minimum Gasteiger partial charge on any atom is -0.497 e. The minimum atomic E-state index is -0.135. The Morgan fingerprint density at radius 3 is 2.31 bits per heavy atom. The number of nitrogens with one attached hydrogen (secondary N) is 1. The standard InChI is InChI=1S/C26H29NO5/c1-4-31-25-13-10-20(16-21(25)18-32-24-7-5-6-23(17-24)30-3)26(28)27-15-14-19-8-11-22(29-2)12-9-19/h5-13,16-17H,4,14-15,18H2,1-3H3,(H,27,28). The van der Waals surface area contributed by atoms with Gasteiger partial charge in [0.2, 0.25) is 0 Å². The van der Waals surface area contributed by atoms with Crippen molar-refractivity contribution in [3.63, 3.8) is 0 Å². The van der Waals surface area contributed by atoms with E-state index in [1.807, 2.05) is 67.6 Å². The van der Waals surface area contributed by atoms with Crippen LogP contribution in [0.15, 0.2) is 66.7 Å². The largest absolute Gasteiger partial charge is 0.497 e. The van der Waals surface area contributed by atoms with Crippen LogP contribution in [-0.4, -0.2) is 33.3 Å². The first-order chi connectivity index (χ1) is 15.6. The van der Waals surface area contributed by atoms with E-state index in [4.69, 9.17) is 18.9 Å². The van der Waals surface area contributed by atoms with Crippen LogP contribution in [-0.2, 0) is 13.0 Å². The van der Waals surface area contributed by atoms with Crippen molar-refractivity contribution < 1.29 is 23.7 Å². The van der Waals surface area contributed by atoms with Gasteiger partial charge in [-0.2, -0.15) is 0 Å². The molecule has 0 fully saturated rings. The van der Waals surface area contributed by atoms with Gasteiger partial charge in [0.25, 0.3) is 5.91 Å². The molecule has 0 atom stereocenters. The number of methoxy groups -OCH3 is 2. The summed E-state index contributed by atoms with van der Waals surface area (Å²) in [6, 6.07) is 20.6. The molecule has 1 amide bonds. The molecule has 0 aliphatic carbocycles. The molecular formula is C26H29NO5. The molecule has 6 heteroatoms. The van der Waals surface area contributed by atoms with Gasteiger partial charge in [-0.15, -0.1) is 0 Å². The summed E-state index contributed by atoms with van der Waals surface area (Å²) in [6.45, 7) is 3.26. The molecule has 0 aromatic heterocycles. The molecule has 0 aliphatic rings. The second-order valence-corrected chi connectivity index (χ2v) is 7.08. The van der Waals surface area contributed by atoms with Crippen molar-refractivity contribution in [2.45, 2.75) is 20.0 Å². The van der Waals surface area contributed by atoms with Crippen LogP contribution in [0.25, 0.3) is 0 Å². The van der Waals surface area contributed by atoms with Crippen LogP contribution >= 0.6 is 0 Å². The van der Waals surface area contributed by atoms with Gasteiger partial charge in [-0.1, -0.05) is 18.2 Å². The highest BCUT2D eigenvalue weighted by molar-refractivity contribution is 5.94. The zero-order valence-electron chi connectivity index (χ0n) is 18.7. The molecule has 1 N–H and O–H groups in total. The number of carbonyl (C=O) groups is 1. The summed E-state index contributed by atoms with van der Waals surface area (Å²) in [5.74, 6) is 2.78. The van der Waals surface area contributed by atoms with Crippen LogP contribution in [0.2, 0.25) is 0 Å². The van der Waals surface area contributed by atoms with Crippen LogP contribution in [0.1, 0.15) is 28.4 Å². The number of rotatable bonds is 11. The fourth-order valence-electron chi connectivity index (χ4n) is 3.20. The molecule has 0 saturated heterocycles.